The Kier molecular flexibility index (Phi) is 3.80. The molecule has 0 spiro atoms. The molecule has 2 aromatic rings. The van der Waals surface area contributed by atoms with Gasteiger partial charge in [-0.3, -0.25) is 4.90 Å². The van der Waals surface area contributed by atoms with E-state index >= 15 is 0 Å². The van der Waals surface area contributed by atoms with Crippen molar-refractivity contribution in [1.82, 2.24) is 15.0 Å². The normalized spacial score (nSPS) is 19.6. The van der Waals surface area contributed by atoms with Gasteiger partial charge in [-0.1, -0.05) is 29.4 Å². The Labute approximate surface area is 118 Å². The summed E-state index contributed by atoms with van der Waals surface area (Å²) in [7, 11) is 0. The molecule has 0 radical (unpaired) electrons. The largest absolute Gasteiger partial charge is 0.395 e. The van der Waals surface area contributed by atoms with Gasteiger partial charge in [-0.05, 0) is 31.9 Å². The number of hydrogen-bond donors (Lipinski definition) is 1. The number of aromatic nitrogens is 2. The molecular weight excluding hydrogens is 254 g/mol. The van der Waals surface area contributed by atoms with Gasteiger partial charge in [0.15, 0.2) is 0 Å². The number of aliphatic hydroxyl groups excluding tert-OH is 1. The Bertz CT molecular complexity index is 582. The van der Waals surface area contributed by atoms with Gasteiger partial charge in [0, 0.05) is 11.6 Å². The molecule has 3 rings (SSSR count). The highest BCUT2D eigenvalue weighted by molar-refractivity contribution is 5.58. The lowest BCUT2D eigenvalue weighted by molar-refractivity contribution is 0.141. The van der Waals surface area contributed by atoms with Crippen LogP contribution in [0.1, 0.15) is 24.3 Å². The second kappa shape index (κ2) is 5.73. The molecular formula is C15H19N3O2. The summed E-state index contributed by atoms with van der Waals surface area (Å²) >= 11 is 0. The molecule has 5 nitrogen and oxygen atoms in total. The van der Waals surface area contributed by atoms with E-state index in [4.69, 9.17) is 4.52 Å². The van der Waals surface area contributed by atoms with Crippen LogP contribution in [-0.4, -0.2) is 39.3 Å². The highest BCUT2D eigenvalue weighted by Crippen LogP contribution is 2.22. The zero-order valence-electron chi connectivity index (χ0n) is 11.6. The van der Waals surface area contributed by atoms with Gasteiger partial charge in [0.25, 0.3) is 0 Å². The van der Waals surface area contributed by atoms with Crippen molar-refractivity contribution in [2.45, 2.75) is 32.4 Å². The standard InChI is InChI=1S/C15H19N3O2/c1-11-5-2-3-7-13(11)15-16-14(20-17-15)9-18-8-4-6-12(18)10-19/h2-3,5,7,12,19H,4,6,8-10H2,1H3. The average Bonchev–Trinajstić information content (AvgIpc) is 3.09. The predicted octanol–water partition coefficient (Wildman–Crippen LogP) is 2.00. The lowest BCUT2D eigenvalue weighted by Gasteiger charge is -2.20. The van der Waals surface area contributed by atoms with E-state index in [0.717, 1.165) is 30.5 Å². The first kappa shape index (κ1) is 13.3. The predicted molar refractivity (Wildman–Crippen MR) is 75.0 cm³/mol. The number of rotatable bonds is 4. The van der Waals surface area contributed by atoms with Crippen LogP contribution in [0.3, 0.4) is 0 Å². The first-order valence-corrected chi connectivity index (χ1v) is 7.01. The van der Waals surface area contributed by atoms with E-state index in [1.165, 1.54) is 0 Å². The van der Waals surface area contributed by atoms with Crippen LogP contribution in [0.5, 0.6) is 0 Å². The van der Waals surface area contributed by atoms with Gasteiger partial charge >= 0.3 is 0 Å². The fraction of sp³-hybridized carbons (Fsp3) is 0.467. The Morgan fingerprint density at radius 2 is 2.25 bits per heavy atom. The van der Waals surface area contributed by atoms with Crippen molar-refractivity contribution in [3.8, 4) is 11.4 Å². The SMILES string of the molecule is Cc1ccccc1-c1noc(CN2CCCC2CO)n1. The molecule has 0 bridgehead atoms. The molecule has 5 heteroatoms. The van der Waals surface area contributed by atoms with E-state index in [-0.39, 0.29) is 12.6 Å². The molecule has 20 heavy (non-hydrogen) atoms. The van der Waals surface area contributed by atoms with Gasteiger partial charge in [-0.2, -0.15) is 4.98 Å². The number of hydrogen-bond acceptors (Lipinski definition) is 5. The molecule has 0 saturated carbocycles. The first-order chi connectivity index (χ1) is 9.78. The molecule has 106 valence electrons. The number of aryl methyl sites for hydroxylation is 1. The van der Waals surface area contributed by atoms with Gasteiger partial charge in [0.1, 0.15) is 0 Å². The molecule has 1 N–H and O–H groups in total. The number of aliphatic hydroxyl groups is 1. The van der Waals surface area contributed by atoms with Crippen molar-refractivity contribution in [3.63, 3.8) is 0 Å². The van der Waals surface area contributed by atoms with Crippen LogP contribution < -0.4 is 0 Å². The van der Waals surface area contributed by atoms with E-state index < -0.39 is 0 Å². The van der Waals surface area contributed by atoms with Gasteiger partial charge in [-0.25, -0.2) is 0 Å². The Balaban J connectivity index is 1.76. The second-order valence-electron chi connectivity index (χ2n) is 5.28. The van der Waals surface area contributed by atoms with E-state index in [1.54, 1.807) is 0 Å². The summed E-state index contributed by atoms with van der Waals surface area (Å²) in [6.07, 6.45) is 2.15. The fourth-order valence-electron chi connectivity index (χ4n) is 2.74. The van der Waals surface area contributed by atoms with Crippen molar-refractivity contribution < 1.29 is 9.63 Å². The van der Waals surface area contributed by atoms with Gasteiger partial charge in [0.2, 0.25) is 11.7 Å². The van der Waals surface area contributed by atoms with Crippen molar-refractivity contribution in [1.29, 1.82) is 0 Å². The molecule has 1 aromatic carbocycles. The van der Waals surface area contributed by atoms with E-state index in [2.05, 4.69) is 15.0 Å². The third-order valence-corrected chi connectivity index (χ3v) is 3.90. The van der Waals surface area contributed by atoms with Crippen molar-refractivity contribution in [3.05, 3.63) is 35.7 Å². The van der Waals surface area contributed by atoms with Crippen molar-refractivity contribution >= 4 is 0 Å². The Hall–Kier alpha value is -1.72. The van der Waals surface area contributed by atoms with Crippen molar-refractivity contribution in [2.75, 3.05) is 13.2 Å². The van der Waals surface area contributed by atoms with Crippen LogP contribution in [0, 0.1) is 6.92 Å². The quantitative estimate of drug-likeness (QED) is 0.923. The minimum Gasteiger partial charge on any atom is -0.395 e. The molecule has 1 atom stereocenters. The molecule has 1 unspecified atom stereocenters. The van der Waals surface area contributed by atoms with Crippen LogP contribution in [0.4, 0.5) is 0 Å². The summed E-state index contributed by atoms with van der Waals surface area (Å²) in [5, 5.41) is 13.4. The summed E-state index contributed by atoms with van der Waals surface area (Å²) in [6, 6.07) is 8.23. The number of nitrogens with zero attached hydrogens (tertiary/aromatic N) is 3. The molecule has 1 fully saturated rings. The minimum atomic E-state index is 0.193. The third-order valence-electron chi connectivity index (χ3n) is 3.90. The monoisotopic (exact) mass is 273 g/mol. The zero-order chi connectivity index (χ0) is 13.9. The number of likely N-dealkylation sites (tertiary alicyclic amines) is 1. The summed E-state index contributed by atoms with van der Waals surface area (Å²) in [6.45, 7) is 3.82. The molecule has 1 aliphatic heterocycles. The maximum Gasteiger partial charge on any atom is 0.241 e. The first-order valence-electron chi connectivity index (χ1n) is 7.01. The number of benzene rings is 1. The van der Waals surface area contributed by atoms with Gasteiger partial charge in [0.05, 0.1) is 13.2 Å². The maximum atomic E-state index is 9.33. The van der Waals surface area contributed by atoms with Crippen LogP contribution in [0.2, 0.25) is 0 Å². The molecule has 2 heterocycles. The van der Waals surface area contributed by atoms with E-state index in [0.29, 0.717) is 18.3 Å². The minimum absolute atomic E-state index is 0.193. The Morgan fingerprint density at radius 1 is 1.40 bits per heavy atom. The second-order valence-corrected chi connectivity index (χ2v) is 5.28. The maximum absolute atomic E-state index is 9.33. The molecule has 1 saturated heterocycles. The molecule has 0 amide bonds. The lowest BCUT2D eigenvalue weighted by atomic mass is 10.1. The van der Waals surface area contributed by atoms with E-state index in [9.17, 15) is 5.11 Å². The summed E-state index contributed by atoms with van der Waals surface area (Å²) in [4.78, 5) is 6.68. The average molecular weight is 273 g/mol. The highest BCUT2D eigenvalue weighted by atomic mass is 16.5. The van der Waals surface area contributed by atoms with Gasteiger partial charge < -0.3 is 9.63 Å². The molecule has 1 aliphatic rings. The topological polar surface area (TPSA) is 62.4 Å². The van der Waals surface area contributed by atoms with Crippen LogP contribution in [0.15, 0.2) is 28.8 Å². The van der Waals surface area contributed by atoms with Crippen LogP contribution >= 0.6 is 0 Å². The highest BCUT2D eigenvalue weighted by Gasteiger charge is 2.25. The lowest BCUT2D eigenvalue weighted by Crippen LogP contribution is -2.31. The third kappa shape index (κ3) is 2.59. The van der Waals surface area contributed by atoms with Crippen molar-refractivity contribution in [2.24, 2.45) is 0 Å². The van der Waals surface area contributed by atoms with Crippen LogP contribution in [0.25, 0.3) is 11.4 Å². The molecule has 1 aromatic heterocycles. The van der Waals surface area contributed by atoms with Crippen LogP contribution in [-0.2, 0) is 6.54 Å². The Morgan fingerprint density at radius 3 is 3.05 bits per heavy atom. The summed E-state index contributed by atoms with van der Waals surface area (Å²) in [5.74, 6) is 1.25. The van der Waals surface area contributed by atoms with E-state index in [1.807, 2.05) is 31.2 Å². The van der Waals surface area contributed by atoms with Gasteiger partial charge in [-0.15, -0.1) is 0 Å². The summed E-state index contributed by atoms with van der Waals surface area (Å²) < 4.78 is 5.34. The zero-order valence-corrected chi connectivity index (χ0v) is 11.6. The molecule has 0 aliphatic carbocycles. The fourth-order valence-corrected chi connectivity index (χ4v) is 2.74. The smallest absolute Gasteiger partial charge is 0.241 e. The summed E-state index contributed by atoms with van der Waals surface area (Å²) in [5.41, 5.74) is 2.14.